The maximum Gasteiger partial charge on any atom is 0.243 e. The number of aryl methyl sites for hydroxylation is 2. The summed E-state index contributed by atoms with van der Waals surface area (Å²) in [5.74, 6) is 0.615. The van der Waals surface area contributed by atoms with Gasteiger partial charge in [-0.05, 0) is 56.9 Å². The molecule has 0 unspecified atom stereocenters. The lowest BCUT2D eigenvalue weighted by atomic mass is 10.0. The van der Waals surface area contributed by atoms with Gasteiger partial charge in [-0.2, -0.15) is 0 Å². The molecule has 0 aliphatic heterocycles. The van der Waals surface area contributed by atoms with Crippen molar-refractivity contribution in [1.82, 2.24) is 10.2 Å². The molecule has 0 saturated heterocycles. The van der Waals surface area contributed by atoms with Gasteiger partial charge >= 0.3 is 0 Å². The minimum Gasteiger partial charge on any atom is -0.497 e. The first-order valence-electron chi connectivity index (χ1n) is 11.1. The second-order valence-corrected chi connectivity index (χ2v) is 8.28. The van der Waals surface area contributed by atoms with Gasteiger partial charge in [-0.15, -0.1) is 0 Å². The molecule has 0 radical (unpaired) electrons. The molecule has 168 valence electrons. The molecule has 2 rings (SSSR count). The van der Waals surface area contributed by atoms with Gasteiger partial charge in [0.1, 0.15) is 11.8 Å². The molecule has 0 spiro atoms. The molecule has 2 atom stereocenters. The Morgan fingerprint density at radius 2 is 1.58 bits per heavy atom. The summed E-state index contributed by atoms with van der Waals surface area (Å²) in [5, 5.41) is 3.05. The summed E-state index contributed by atoms with van der Waals surface area (Å²) in [4.78, 5) is 28.2. The third kappa shape index (κ3) is 7.12. The zero-order valence-electron chi connectivity index (χ0n) is 19.7. The number of rotatable bonds is 10. The van der Waals surface area contributed by atoms with Crippen LogP contribution < -0.4 is 10.1 Å². The van der Waals surface area contributed by atoms with E-state index in [-0.39, 0.29) is 24.3 Å². The summed E-state index contributed by atoms with van der Waals surface area (Å²) in [7, 11) is 1.63. The molecule has 0 aliphatic carbocycles. The fraction of sp³-hybridized carbons (Fsp3) is 0.462. The van der Waals surface area contributed by atoms with E-state index in [1.807, 2.05) is 71.0 Å². The molecule has 5 nitrogen and oxygen atoms in total. The summed E-state index contributed by atoms with van der Waals surface area (Å²) in [6, 6.07) is 13.4. The minimum atomic E-state index is -0.519. The molecule has 2 aromatic carbocycles. The Bertz CT molecular complexity index is 856. The molecule has 0 aromatic heterocycles. The molecule has 0 bridgehead atoms. The Morgan fingerprint density at radius 3 is 2.10 bits per heavy atom. The Labute approximate surface area is 186 Å². The van der Waals surface area contributed by atoms with E-state index in [1.54, 1.807) is 12.0 Å². The molecule has 2 amide bonds. The second-order valence-electron chi connectivity index (χ2n) is 8.28. The van der Waals surface area contributed by atoms with Crippen molar-refractivity contribution in [1.29, 1.82) is 0 Å². The van der Waals surface area contributed by atoms with Crippen LogP contribution in [0.1, 0.15) is 55.9 Å². The van der Waals surface area contributed by atoms with Crippen molar-refractivity contribution in [3.63, 3.8) is 0 Å². The van der Waals surface area contributed by atoms with Crippen LogP contribution in [0.5, 0.6) is 5.75 Å². The number of ether oxygens (including phenoxy) is 1. The third-order valence-corrected chi connectivity index (χ3v) is 5.54. The lowest BCUT2D eigenvalue weighted by Gasteiger charge is -2.31. The van der Waals surface area contributed by atoms with Crippen molar-refractivity contribution in [2.24, 2.45) is 0 Å². The van der Waals surface area contributed by atoms with Gasteiger partial charge in [0.05, 0.1) is 13.5 Å². The average Bonchev–Trinajstić information content (AvgIpc) is 2.73. The number of benzene rings is 2. The lowest BCUT2D eigenvalue weighted by molar-refractivity contribution is -0.141. The number of hydrogen-bond donors (Lipinski definition) is 1. The standard InChI is InChI=1S/C26H36N2O3/c1-7-20(5)27-26(30)24(8-2)28(17-21-9-11-23(31-6)12-10-21)25(29)16-22-14-18(3)13-19(4)15-22/h9-15,20,24H,7-8,16-17H2,1-6H3,(H,27,30)/t20-,24-/m1/s1. The van der Waals surface area contributed by atoms with Crippen LogP contribution in [0.25, 0.3) is 0 Å². The number of amides is 2. The molecule has 0 saturated carbocycles. The van der Waals surface area contributed by atoms with Crippen molar-refractivity contribution in [3.8, 4) is 5.75 Å². The Morgan fingerprint density at radius 1 is 0.968 bits per heavy atom. The number of hydrogen-bond acceptors (Lipinski definition) is 3. The van der Waals surface area contributed by atoms with E-state index in [1.165, 1.54) is 0 Å². The SMILES string of the molecule is CC[C@@H](C)NC(=O)[C@@H](CC)N(Cc1ccc(OC)cc1)C(=O)Cc1cc(C)cc(C)c1. The van der Waals surface area contributed by atoms with E-state index in [9.17, 15) is 9.59 Å². The van der Waals surface area contributed by atoms with Gasteiger partial charge in [0.2, 0.25) is 11.8 Å². The summed E-state index contributed by atoms with van der Waals surface area (Å²) < 4.78 is 5.24. The summed E-state index contributed by atoms with van der Waals surface area (Å²) in [6.45, 7) is 10.4. The normalized spacial score (nSPS) is 12.7. The first kappa shape index (κ1) is 24.4. The first-order valence-corrected chi connectivity index (χ1v) is 11.1. The van der Waals surface area contributed by atoms with Crippen LogP contribution in [0, 0.1) is 13.8 Å². The number of carbonyl (C=O) groups is 2. The van der Waals surface area contributed by atoms with Gasteiger partial charge in [0.25, 0.3) is 0 Å². The van der Waals surface area contributed by atoms with Crippen molar-refractivity contribution >= 4 is 11.8 Å². The molecule has 0 fully saturated rings. The predicted octanol–water partition coefficient (Wildman–Crippen LogP) is 4.58. The Kier molecular flexibility index (Phi) is 9.10. The fourth-order valence-corrected chi connectivity index (χ4v) is 3.74. The van der Waals surface area contributed by atoms with Gasteiger partial charge < -0.3 is 15.0 Å². The number of carbonyl (C=O) groups excluding carboxylic acids is 2. The molecule has 1 N–H and O–H groups in total. The number of nitrogens with one attached hydrogen (secondary N) is 1. The first-order chi connectivity index (χ1) is 14.8. The van der Waals surface area contributed by atoms with Crippen molar-refractivity contribution in [3.05, 3.63) is 64.7 Å². The number of methoxy groups -OCH3 is 1. The molecule has 31 heavy (non-hydrogen) atoms. The van der Waals surface area contributed by atoms with E-state index < -0.39 is 6.04 Å². The third-order valence-electron chi connectivity index (χ3n) is 5.54. The van der Waals surface area contributed by atoms with Crippen molar-refractivity contribution in [2.45, 2.75) is 72.5 Å². The summed E-state index contributed by atoms with van der Waals surface area (Å²) >= 11 is 0. The monoisotopic (exact) mass is 424 g/mol. The average molecular weight is 425 g/mol. The molecule has 0 heterocycles. The van der Waals surface area contributed by atoms with E-state index in [2.05, 4.69) is 11.4 Å². The zero-order valence-corrected chi connectivity index (χ0v) is 19.7. The second kappa shape index (κ2) is 11.5. The molecule has 0 aliphatic rings. The Hall–Kier alpha value is -2.82. The molecule has 5 heteroatoms. The maximum atomic E-state index is 13.4. The Balaban J connectivity index is 2.31. The van der Waals surface area contributed by atoms with Crippen LogP contribution in [0.2, 0.25) is 0 Å². The van der Waals surface area contributed by atoms with Crippen molar-refractivity contribution < 1.29 is 14.3 Å². The topological polar surface area (TPSA) is 58.6 Å². The summed E-state index contributed by atoms with van der Waals surface area (Å²) in [6.07, 6.45) is 1.67. The van der Waals surface area contributed by atoms with Crippen LogP contribution in [0.15, 0.2) is 42.5 Å². The zero-order chi connectivity index (χ0) is 23.0. The van der Waals surface area contributed by atoms with Crippen LogP contribution in [0.3, 0.4) is 0 Å². The highest BCUT2D eigenvalue weighted by atomic mass is 16.5. The van der Waals surface area contributed by atoms with Crippen molar-refractivity contribution in [2.75, 3.05) is 7.11 Å². The fourth-order valence-electron chi connectivity index (χ4n) is 3.74. The van der Waals surface area contributed by atoms with Gasteiger partial charge in [-0.25, -0.2) is 0 Å². The van der Waals surface area contributed by atoms with Gasteiger partial charge in [-0.1, -0.05) is 55.3 Å². The highest BCUT2D eigenvalue weighted by Crippen LogP contribution is 2.18. The highest BCUT2D eigenvalue weighted by Gasteiger charge is 2.29. The highest BCUT2D eigenvalue weighted by molar-refractivity contribution is 5.88. The van der Waals surface area contributed by atoms with Gasteiger partial charge in [-0.3, -0.25) is 9.59 Å². The van der Waals surface area contributed by atoms with Crippen LogP contribution in [-0.4, -0.2) is 35.9 Å². The van der Waals surface area contributed by atoms with E-state index in [0.29, 0.717) is 13.0 Å². The molecular formula is C26H36N2O3. The quantitative estimate of drug-likeness (QED) is 0.607. The smallest absolute Gasteiger partial charge is 0.243 e. The van der Waals surface area contributed by atoms with Gasteiger partial charge in [0.15, 0.2) is 0 Å². The van der Waals surface area contributed by atoms with E-state index in [0.717, 1.165) is 34.4 Å². The van der Waals surface area contributed by atoms with Gasteiger partial charge in [0, 0.05) is 12.6 Å². The minimum absolute atomic E-state index is 0.0491. The molecule has 2 aromatic rings. The summed E-state index contributed by atoms with van der Waals surface area (Å²) in [5.41, 5.74) is 4.20. The maximum absolute atomic E-state index is 13.4. The predicted molar refractivity (Wildman–Crippen MR) is 125 cm³/mol. The van der Waals surface area contributed by atoms with E-state index in [4.69, 9.17) is 4.74 Å². The van der Waals surface area contributed by atoms with Crippen LogP contribution in [0.4, 0.5) is 0 Å². The lowest BCUT2D eigenvalue weighted by Crippen LogP contribution is -2.51. The largest absolute Gasteiger partial charge is 0.497 e. The van der Waals surface area contributed by atoms with Crippen LogP contribution >= 0.6 is 0 Å². The van der Waals surface area contributed by atoms with E-state index >= 15 is 0 Å². The van der Waals surface area contributed by atoms with Crippen LogP contribution in [-0.2, 0) is 22.6 Å². The molecular weight excluding hydrogens is 388 g/mol. The number of nitrogens with zero attached hydrogens (tertiary/aromatic N) is 1.